The minimum absolute atomic E-state index is 0.0198. The highest BCUT2D eigenvalue weighted by atomic mass is 16.2. The fraction of sp³-hybridized carbons (Fsp3) is 0.550. The number of amides is 2. The first kappa shape index (κ1) is 19.0. The second-order valence-corrected chi connectivity index (χ2v) is 7.53. The molecule has 0 aliphatic heterocycles. The summed E-state index contributed by atoms with van der Waals surface area (Å²) < 4.78 is 0. The third-order valence-electron chi connectivity index (χ3n) is 5.93. The van der Waals surface area contributed by atoms with Crippen molar-refractivity contribution in [2.75, 3.05) is 6.54 Å². The molecule has 1 aromatic rings. The Labute approximate surface area is 149 Å². The Morgan fingerprint density at radius 3 is 2.40 bits per heavy atom. The van der Waals surface area contributed by atoms with Crippen LogP contribution in [0.1, 0.15) is 51.7 Å². The average Bonchev–Trinajstić information content (AvgIpc) is 2.84. The van der Waals surface area contributed by atoms with Gasteiger partial charge in [-0.3, -0.25) is 9.59 Å². The number of carbonyl (C=O) groups is 2. The maximum absolute atomic E-state index is 12.9. The van der Waals surface area contributed by atoms with Gasteiger partial charge in [0.2, 0.25) is 11.8 Å². The lowest BCUT2D eigenvalue weighted by atomic mass is 9.65. The zero-order chi connectivity index (χ0) is 18.7. The van der Waals surface area contributed by atoms with Crippen molar-refractivity contribution in [3.63, 3.8) is 0 Å². The van der Waals surface area contributed by atoms with Gasteiger partial charge in [-0.1, -0.05) is 32.9 Å². The normalized spacial score (nSPS) is 24.4. The van der Waals surface area contributed by atoms with E-state index in [-0.39, 0.29) is 17.7 Å². The highest BCUT2D eigenvalue weighted by Crippen LogP contribution is 2.56. The molecule has 25 heavy (non-hydrogen) atoms. The molecule has 0 spiro atoms. The van der Waals surface area contributed by atoms with E-state index in [1.807, 2.05) is 39.8 Å². The number of rotatable bonds is 5. The van der Waals surface area contributed by atoms with Crippen molar-refractivity contribution in [2.24, 2.45) is 16.7 Å². The Morgan fingerprint density at radius 1 is 1.20 bits per heavy atom. The predicted octanol–water partition coefficient (Wildman–Crippen LogP) is 2.75. The number of benzene rings is 1. The number of hydrogen-bond donors (Lipinski definition) is 2. The van der Waals surface area contributed by atoms with E-state index in [1.165, 1.54) is 0 Å². The summed E-state index contributed by atoms with van der Waals surface area (Å²) in [5.41, 5.74) is 0.548. The fourth-order valence-corrected chi connectivity index (χ4v) is 3.74. The van der Waals surface area contributed by atoms with E-state index >= 15 is 0 Å². The summed E-state index contributed by atoms with van der Waals surface area (Å²) in [6, 6.07) is 9.26. The minimum atomic E-state index is -0.588. The van der Waals surface area contributed by atoms with Crippen LogP contribution in [0.4, 0.5) is 0 Å². The first-order valence-corrected chi connectivity index (χ1v) is 8.81. The largest absolute Gasteiger partial charge is 0.356 e. The first-order valence-electron chi connectivity index (χ1n) is 8.81. The highest BCUT2D eigenvalue weighted by Gasteiger charge is 2.57. The molecule has 0 radical (unpaired) electrons. The highest BCUT2D eigenvalue weighted by molar-refractivity contribution is 5.87. The van der Waals surface area contributed by atoms with Gasteiger partial charge in [0.15, 0.2) is 0 Å². The van der Waals surface area contributed by atoms with Gasteiger partial charge in [-0.15, -0.1) is 0 Å². The average molecular weight is 341 g/mol. The van der Waals surface area contributed by atoms with E-state index in [2.05, 4.69) is 16.7 Å². The van der Waals surface area contributed by atoms with Crippen molar-refractivity contribution in [3.05, 3.63) is 35.4 Å². The molecule has 0 aromatic heterocycles. The summed E-state index contributed by atoms with van der Waals surface area (Å²) in [6.45, 7) is 8.92. The number of nitrogens with zero attached hydrogens (tertiary/aromatic N) is 1. The molecule has 0 unspecified atom stereocenters. The Hall–Kier alpha value is -2.35. The van der Waals surface area contributed by atoms with E-state index in [0.717, 1.165) is 12.0 Å². The summed E-state index contributed by atoms with van der Waals surface area (Å²) in [5, 5.41) is 14.7. The molecule has 1 aliphatic rings. The minimum Gasteiger partial charge on any atom is -0.356 e. The Bertz CT molecular complexity index is 688. The van der Waals surface area contributed by atoms with E-state index in [1.54, 1.807) is 12.1 Å². The molecule has 0 heterocycles. The predicted molar refractivity (Wildman–Crippen MR) is 96.3 cm³/mol. The molecule has 134 valence electrons. The van der Waals surface area contributed by atoms with Crippen molar-refractivity contribution < 1.29 is 9.59 Å². The molecule has 5 nitrogen and oxygen atoms in total. The van der Waals surface area contributed by atoms with Crippen LogP contribution in [0.2, 0.25) is 0 Å². The maximum atomic E-state index is 12.9. The second kappa shape index (κ2) is 7.26. The topological polar surface area (TPSA) is 82.0 Å². The molecular formula is C20H27N3O2. The molecular weight excluding hydrogens is 314 g/mol. The van der Waals surface area contributed by atoms with Crippen LogP contribution in [-0.4, -0.2) is 18.4 Å². The van der Waals surface area contributed by atoms with Crippen molar-refractivity contribution in [1.29, 1.82) is 5.26 Å². The van der Waals surface area contributed by atoms with E-state index in [4.69, 9.17) is 5.26 Å². The molecule has 2 rings (SSSR count). The summed E-state index contributed by atoms with van der Waals surface area (Å²) in [4.78, 5) is 25.3. The Morgan fingerprint density at radius 2 is 1.84 bits per heavy atom. The quantitative estimate of drug-likeness (QED) is 0.864. The summed E-state index contributed by atoms with van der Waals surface area (Å²) in [6.07, 6.45) is 1.42. The molecule has 2 amide bonds. The number of carbonyl (C=O) groups excluding carboxylic acids is 2. The molecule has 2 atom stereocenters. The van der Waals surface area contributed by atoms with Crippen LogP contribution in [0, 0.1) is 28.1 Å². The zero-order valence-electron chi connectivity index (χ0n) is 15.5. The molecule has 0 saturated heterocycles. The van der Waals surface area contributed by atoms with Crippen molar-refractivity contribution >= 4 is 11.8 Å². The summed E-state index contributed by atoms with van der Waals surface area (Å²) in [7, 11) is 0. The molecule has 1 aromatic carbocycles. The van der Waals surface area contributed by atoms with Gasteiger partial charge < -0.3 is 10.6 Å². The van der Waals surface area contributed by atoms with Crippen molar-refractivity contribution in [2.45, 2.75) is 47.1 Å². The van der Waals surface area contributed by atoms with Gasteiger partial charge in [-0.25, -0.2) is 0 Å². The van der Waals surface area contributed by atoms with E-state index < -0.39 is 10.8 Å². The van der Waals surface area contributed by atoms with E-state index in [0.29, 0.717) is 25.1 Å². The molecule has 1 saturated carbocycles. The number of hydrogen-bond acceptors (Lipinski definition) is 3. The number of nitriles is 1. The van der Waals surface area contributed by atoms with Gasteiger partial charge in [-0.2, -0.15) is 5.26 Å². The SMILES string of the molecule is CCNC(=O)[C@@H]1CC[C@](C)(C(=O)NCc2ccc(C#N)cc2)C1(C)C. The van der Waals surface area contributed by atoms with Crippen LogP contribution in [0.5, 0.6) is 0 Å². The maximum Gasteiger partial charge on any atom is 0.226 e. The van der Waals surface area contributed by atoms with Crippen LogP contribution in [0.25, 0.3) is 0 Å². The fourth-order valence-electron chi connectivity index (χ4n) is 3.74. The number of nitrogens with one attached hydrogen (secondary N) is 2. The van der Waals surface area contributed by atoms with Gasteiger partial charge >= 0.3 is 0 Å². The van der Waals surface area contributed by atoms with Crippen LogP contribution < -0.4 is 10.6 Å². The standard InChI is InChI=1S/C20H27N3O2/c1-5-22-17(24)16-10-11-20(4,19(16,2)3)18(25)23-13-15-8-6-14(12-21)7-9-15/h6-9,16H,5,10-11,13H2,1-4H3,(H,22,24)(H,23,25)/t16-,20+/m0/s1. The smallest absolute Gasteiger partial charge is 0.226 e. The summed E-state index contributed by atoms with van der Waals surface area (Å²) in [5.74, 6) is -0.136. The first-order chi connectivity index (χ1) is 11.8. The lowest BCUT2D eigenvalue weighted by molar-refractivity contribution is -0.139. The Kier molecular flexibility index (Phi) is 5.52. The lowest BCUT2D eigenvalue weighted by Gasteiger charge is -2.39. The zero-order valence-corrected chi connectivity index (χ0v) is 15.5. The van der Waals surface area contributed by atoms with Crippen LogP contribution in [-0.2, 0) is 16.1 Å². The van der Waals surface area contributed by atoms with Crippen LogP contribution >= 0.6 is 0 Å². The molecule has 2 N–H and O–H groups in total. The monoisotopic (exact) mass is 341 g/mol. The van der Waals surface area contributed by atoms with Gasteiger partial charge in [0, 0.05) is 19.0 Å². The second-order valence-electron chi connectivity index (χ2n) is 7.53. The van der Waals surface area contributed by atoms with Gasteiger partial charge in [0.25, 0.3) is 0 Å². The van der Waals surface area contributed by atoms with Crippen molar-refractivity contribution in [3.8, 4) is 6.07 Å². The molecule has 5 heteroatoms. The third kappa shape index (κ3) is 3.53. The molecule has 1 aliphatic carbocycles. The summed E-state index contributed by atoms with van der Waals surface area (Å²) >= 11 is 0. The van der Waals surface area contributed by atoms with Crippen LogP contribution in [0.15, 0.2) is 24.3 Å². The van der Waals surface area contributed by atoms with Gasteiger partial charge in [-0.05, 0) is 42.9 Å². The lowest BCUT2D eigenvalue weighted by Crippen LogP contribution is -2.49. The van der Waals surface area contributed by atoms with Crippen LogP contribution in [0.3, 0.4) is 0 Å². The van der Waals surface area contributed by atoms with Gasteiger partial charge in [0.05, 0.1) is 17.0 Å². The van der Waals surface area contributed by atoms with E-state index in [9.17, 15) is 9.59 Å². The Balaban J connectivity index is 2.07. The third-order valence-corrected chi connectivity index (χ3v) is 5.93. The van der Waals surface area contributed by atoms with Crippen molar-refractivity contribution in [1.82, 2.24) is 10.6 Å². The molecule has 0 bridgehead atoms. The molecule has 1 fully saturated rings. The van der Waals surface area contributed by atoms with Gasteiger partial charge in [0.1, 0.15) is 0 Å².